The fourth-order valence-corrected chi connectivity index (χ4v) is 4.02. The van der Waals surface area contributed by atoms with Crippen LogP contribution in [0.4, 0.5) is 13.2 Å². The predicted molar refractivity (Wildman–Crippen MR) is 101 cm³/mol. The van der Waals surface area contributed by atoms with Crippen molar-refractivity contribution in [1.29, 1.82) is 0 Å². The predicted octanol–water partition coefficient (Wildman–Crippen LogP) is 5.83. The van der Waals surface area contributed by atoms with Gasteiger partial charge in [0.15, 0.2) is 6.61 Å². The van der Waals surface area contributed by atoms with E-state index in [9.17, 15) is 22.8 Å². The molecular formula is C21H35F3O4. The second-order valence-electron chi connectivity index (χ2n) is 10.2. The van der Waals surface area contributed by atoms with E-state index in [1.54, 1.807) is 0 Å². The number of rotatable bonds is 5. The van der Waals surface area contributed by atoms with Gasteiger partial charge in [-0.15, -0.1) is 0 Å². The Morgan fingerprint density at radius 2 is 1.32 bits per heavy atom. The third-order valence-electron chi connectivity index (χ3n) is 6.35. The van der Waals surface area contributed by atoms with Crippen molar-refractivity contribution in [1.82, 2.24) is 0 Å². The average molecular weight is 409 g/mol. The molecule has 0 saturated heterocycles. The summed E-state index contributed by atoms with van der Waals surface area (Å²) < 4.78 is 47.4. The zero-order valence-electron chi connectivity index (χ0n) is 18.2. The normalized spacial score (nSPS) is 18.5. The minimum atomic E-state index is -4.58. The highest BCUT2D eigenvalue weighted by Crippen LogP contribution is 2.53. The van der Waals surface area contributed by atoms with Crippen molar-refractivity contribution in [2.45, 2.75) is 98.8 Å². The van der Waals surface area contributed by atoms with Crippen LogP contribution in [0.15, 0.2) is 0 Å². The smallest absolute Gasteiger partial charge is 0.422 e. The Labute approximate surface area is 166 Å². The van der Waals surface area contributed by atoms with E-state index in [-0.39, 0.29) is 6.42 Å². The third-order valence-corrected chi connectivity index (χ3v) is 6.35. The molecule has 1 fully saturated rings. The summed E-state index contributed by atoms with van der Waals surface area (Å²) in [5, 5.41) is 0. The van der Waals surface area contributed by atoms with E-state index in [0.29, 0.717) is 12.8 Å². The number of ether oxygens (including phenoxy) is 2. The summed E-state index contributed by atoms with van der Waals surface area (Å²) in [7, 11) is 0. The van der Waals surface area contributed by atoms with Crippen LogP contribution in [0.1, 0.15) is 87.0 Å². The van der Waals surface area contributed by atoms with E-state index < -0.39 is 46.6 Å². The van der Waals surface area contributed by atoms with Gasteiger partial charge in [0.25, 0.3) is 0 Å². The van der Waals surface area contributed by atoms with Crippen LogP contribution in [0, 0.1) is 16.2 Å². The molecule has 1 saturated carbocycles. The fraction of sp³-hybridized carbons (Fsp3) is 0.905. The van der Waals surface area contributed by atoms with Crippen LogP contribution in [-0.4, -0.2) is 30.3 Å². The van der Waals surface area contributed by atoms with Crippen LogP contribution in [0.25, 0.3) is 0 Å². The lowest BCUT2D eigenvalue weighted by molar-refractivity contribution is -0.201. The van der Waals surface area contributed by atoms with E-state index in [1.165, 1.54) is 0 Å². The first-order valence-corrected chi connectivity index (χ1v) is 9.89. The van der Waals surface area contributed by atoms with Gasteiger partial charge in [-0.05, 0) is 43.4 Å². The first kappa shape index (κ1) is 24.8. The van der Waals surface area contributed by atoms with Crippen LogP contribution < -0.4 is 0 Å². The summed E-state index contributed by atoms with van der Waals surface area (Å²) in [4.78, 5) is 25.5. The van der Waals surface area contributed by atoms with Crippen molar-refractivity contribution in [3.05, 3.63) is 0 Å². The molecule has 0 N–H and O–H groups in total. The molecule has 4 nitrogen and oxygen atoms in total. The lowest BCUT2D eigenvalue weighted by Gasteiger charge is -2.50. The van der Waals surface area contributed by atoms with Gasteiger partial charge in [0.05, 0.1) is 11.8 Å². The molecule has 0 heterocycles. The molecule has 0 unspecified atom stereocenters. The molecule has 164 valence electrons. The highest BCUT2D eigenvalue weighted by molar-refractivity contribution is 5.80. The van der Waals surface area contributed by atoms with Crippen molar-refractivity contribution < 1.29 is 32.2 Å². The monoisotopic (exact) mass is 408 g/mol. The Morgan fingerprint density at radius 3 is 1.71 bits per heavy atom. The first-order valence-electron chi connectivity index (χ1n) is 9.89. The van der Waals surface area contributed by atoms with Crippen LogP contribution in [-0.2, 0) is 19.1 Å². The summed E-state index contributed by atoms with van der Waals surface area (Å²) in [6.45, 7) is 12.0. The molecule has 0 spiro atoms. The van der Waals surface area contributed by atoms with Gasteiger partial charge in [0.2, 0.25) is 0 Å². The molecule has 0 radical (unpaired) electrons. The molecule has 28 heavy (non-hydrogen) atoms. The number of carbonyl (C=O) groups excluding carboxylic acids is 2. The van der Waals surface area contributed by atoms with E-state index in [2.05, 4.69) is 4.74 Å². The number of esters is 2. The Bertz CT molecular complexity index is 548. The van der Waals surface area contributed by atoms with Crippen molar-refractivity contribution in [2.24, 2.45) is 16.2 Å². The molecule has 0 aromatic rings. The maximum Gasteiger partial charge on any atom is 0.422 e. The first-order chi connectivity index (χ1) is 12.4. The molecular weight excluding hydrogens is 373 g/mol. The van der Waals surface area contributed by atoms with Crippen molar-refractivity contribution in [3.63, 3.8) is 0 Å². The van der Waals surface area contributed by atoms with E-state index in [0.717, 1.165) is 19.3 Å². The van der Waals surface area contributed by atoms with Gasteiger partial charge < -0.3 is 9.47 Å². The average Bonchev–Trinajstić information content (AvgIpc) is 2.50. The largest absolute Gasteiger partial charge is 0.458 e. The standard InChI is InChI=1S/C21H35F3O4/c1-17(2,3)19(7,18(4,5)6)16(26)28-20(11-9-8-10-12-20)13-15(25)27-14-21(22,23)24/h8-14H2,1-7H3. The lowest BCUT2D eigenvalue weighted by atomic mass is 9.55. The van der Waals surface area contributed by atoms with Gasteiger partial charge in [0.1, 0.15) is 5.60 Å². The van der Waals surface area contributed by atoms with Gasteiger partial charge >= 0.3 is 18.1 Å². The maximum atomic E-state index is 13.4. The molecule has 1 aliphatic carbocycles. The van der Waals surface area contributed by atoms with Gasteiger partial charge in [0, 0.05) is 0 Å². The fourth-order valence-electron chi connectivity index (χ4n) is 4.02. The zero-order chi connectivity index (χ0) is 22.0. The topological polar surface area (TPSA) is 52.6 Å². The molecule has 1 aliphatic rings. The quantitative estimate of drug-likeness (QED) is 0.537. The minimum absolute atomic E-state index is 0.348. The third kappa shape index (κ3) is 5.86. The van der Waals surface area contributed by atoms with Crippen LogP contribution in [0.5, 0.6) is 0 Å². The summed E-state index contributed by atoms with van der Waals surface area (Å²) in [5.41, 5.74) is -2.81. The highest BCUT2D eigenvalue weighted by Gasteiger charge is 2.55. The van der Waals surface area contributed by atoms with Crippen molar-refractivity contribution in [3.8, 4) is 0 Å². The SMILES string of the molecule is CC(C)(C)C(C)(C(=O)OC1(CC(=O)OCC(F)(F)F)CCCCC1)C(C)(C)C. The van der Waals surface area contributed by atoms with E-state index in [1.807, 2.05) is 48.5 Å². The molecule has 0 atom stereocenters. The van der Waals surface area contributed by atoms with Gasteiger partial charge in [-0.2, -0.15) is 13.2 Å². The van der Waals surface area contributed by atoms with Gasteiger partial charge in [-0.25, -0.2) is 0 Å². The second-order valence-corrected chi connectivity index (χ2v) is 10.2. The Balaban J connectivity index is 3.08. The summed E-state index contributed by atoms with van der Waals surface area (Å²) in [6.07, 6.45) is -1.59. The molecule has 0 amide bonds. The molecule has 0 aromatic carbocycles. The molecule has 0 aliphatic heterocycles. The van der Waals surface area contributed by atoms with Crippen LogP contribution in [0.2, 0.25) is 0 Å². The Hall–Kier alpha value is -1.27. The number of halogens is 3. The Kier molecular flexibility index (Phi) is 7.28. The zero-order valence-corrected chi connectivity index (χ0v) is 18.2. The summed E-state index contributed by atoms with van der Waals surface area (Å²) in [6, 6.07) is 0. The van der Waals surface area contributed by atoms with Gasteiger partial charge in [-0.3, -0.25) is 9.59 Å². The number of alkyl halides is 3. The number of hydrogen-bond donors (Lipinski definition) is 0. The molecule has 1 rings (SSSR count). The van der Waals surface area contributed by atoms with Crippen LogP contribution >= 0.6 is 0 Å². The van der Waals surface area contributed by atoms with Gasteiger partial charge in [-0.1, -0.05) is 48.0 Å². The highest BCUT2D eigenvalue weighted by atomic mass is 19.4. The van der Waals surface area contributed by atoms with Crippen molar-refractivity contribution in [2.75, 3.05) is 6.61 Å². The summed E-state index contributed by atoms with van der Waals surface area (Å²) in [5.74, 6) is -1.40. The van der Waals surface area contributed by atoms with E-state index >= 15 is 0 Å². The molecule has 7 heteroatoms. The lowest BCUT2D eigenvalue weighted by Crippen LogP contribution is -2.54. The minimum Gasteiger partial charge on any atom is -0.458 e. The summed E-state index contributed by atoms with van der Waals surface area (Å²) >= 11 is 0. The van der Waals surface area contributed by atoms with E-state index in [4.69, 9.17) is 4.74 Å². The number of carbonyl (C=O) groups is 2. The molecule has 0 aromatic heterocycles. The van der Waals surface area contributed by atoms with Crippen molar-refractivity contribution >= 4 is 11.9 Å². The second kappa shape index (κ2) is 8.23. The van der Waals surface area contributed by atoms with Crippen LogP contribution in [0.3, 0.4) is 0 Å². The number of hydrogen-bond acceptors (Lipinski definition) is 4. The molecule has 0 bridgehead atoms. The maximum absolute atomic E-state index is 13.4. The Morgan fingerprint density at radius 1 is 0.857 bits per heavy atom.